The zero-order valence-corrected chi connectivity index (χ0v) is 10.5. The van der Waals surface area contributed by atoms with Gasteiger partial charge in [0, 0.05) is 19.6 Å². The molecule has 0 atom stereocenters. The summed E-state index contributed by atoms with van der Waals surface area (Å²) < 4.78 is 21.5. The highest BCUT2D eigenvalue weighted by Gasteiger charge is 2.21. The molecule has 2 aliphatic rings. The molecule has 0 amide bonds. The van der Waals surface area contributed by atoms with Crippen LogP contribution < -0.4 is 14.2 Å². The second-order valence-electron chi connectivity index (χ2n) is 4.42. The van der Waals surface area contributed by atoms with E-state index in [0.29, 0.717) is 5.75 Å². The maximum atomic E-state index is 5.43. The SMILES string of the molecule is COc1cc(CN2CCOCC2)cc2c1OCO2. The number of fused-ring (bicyclic) bond motifs is 1. The minimum atomic E-state index is 0.271. The van der Waals surface area contributed by atoms with Crippen LogP contribution in [0.15, 0.2) is 12.1 Å². The van der Waals surface area contributed by atoms with Crippen LogP contribution in [0.25, 0.3) is 0 Å². The minimum Gasteiger partial charge on any atom is -0.493 e. The molecule has 0 aliphatic carbocycles. The van der Waals surface area contributed by atoms with Crippen LogP contribution in [0.4, 0.5) is 0 Å². The quantitative estimate of drug-likeness (QED) is 0.808. The van der Waals surface area contributed by atoms with E-state index in [0.717, 1.165) is 44.3 Å². The van der Waals surface area contributed by atoms with Crippen molar-refractivity contribution in [3.05, 3.63) is 17.7 Å². The van der Waals surface area contributed by atoms with Gasteiger partial charge < -0.3 is 18.9 Å². The van der Waals surface area contributed by atoms with Crippen molar-refractivity contribution in [2.45, 2.75) is 6.54 Å². The average Bonchev–Trinajstić information content (AvgIpc) is 2.87. The summed E-state index contributed by atoms with van der Waals surface area (Å²) in [6, 6.07) is 4.04. The van der Waals surface area contributed by atoms with Crippen molar-refractivity contribution in [2.75, 3.05) is 40.2 Å². The number of rotatable bonds is 3. The minimum absolute atomic E-state index is 0.271. The third-order valence-corrected chi connectivity index (χ3v) is 3.23. The van der Waals surface area contributed by atoms with Gasteiger partial charge in [0.15, 0.2) is 11.5 Å². The lowest BCUT2D eigenvalue weighted by Gasteiger charge is -2.26. The van der Waals surface area contributed by atoms with Crippen LogP contribution in [-0.2, 0) is 11.3 Å². The molecule has 0 aromatic heterocycles. The normalized spacial score (nSPS) is 18.9. The molecule has 0 unspecified atom stereocenters. The Balaban J connectivity index is 1.79. The van der Waals surface area contributed by atoms with Crippen LogP contribution in [0.2, 0.25) is 0 Å². The Bertz CT molecular complexity index is 429. The summed E-state index contributed by atoms with van der Waals surface area (Å²) >= 11 is 0. The molecule has 0 radical (unpaired) electrons. The third-order valence-electron chi connectivity index (χ3n) is 3.23. The molecule has 0 N–H and O–H groups in total. The molecule has 1 aromatic carbocycles. The first-order chi connectivity index (χ1) is 8.86. The van der Waals surface area contributed by atoms with Crippen LogP contribution in [0.3, 0.4) is 0 Å². The first kappa shape index (κ1) is 11.6. The molecule has 2 heterocycles. The van der Waals surface area contributed by atoms with Crippen molar-refractivity contribution in [2.24, 2.45) is 0 Å². The fraction of sp³-hybridized carbons (Fsp3) is 0.538. The Hall–Kier alpha value is -1.46. The molecular weight excluding hydrogens is 234 g/mol. The Morgan fingerprint density at radius 2 is 2.06 bits per heavy atom. The standard InChI is InChI=1S/C13H17NO4/c1-15-11-6-10(7-12-13(11)18-9-17-12)8-14-2-4-16-5-3-14/h6-7H,2-5,8-9H2,1H3. The summed E-state index contributed by atoms with van der Waals surface area (Å²) in [5.41, 5.74) is 1.18. The third kappa shape index (κ3) is 2.23. The van der Waals surface area contributed by atoms with Crippen LogP contribution >= 0.6 is 0 Å². The molecule has 98 valence electrons. The Kier molecular flexibility index (Phi) is 3.25. The van der Waals surface area contributed by atoms with Crippen LogP contribution in [0, 0.1) is 0 Å². The van der Waals surface area contributed by atoms with Gasteiger partial charge in [-0.15, -0.1) is 0 Å². The number of benzene rings is 1. The van der Waals surface area contributed by atoms with E-state index < -0.39 is 0 Å². The van der Waals surface area contributed by atoms with Crippen molar-refractivity contribution >= 4 is 0 Å². The second kappa shape index (κ2) is 5.04. The van der Waals surface area contributed by atoms with Crippen LogP contribution in [0.1, 0.15) is 5.56 Å². The molecule has 5 nitrogen and oxygen atoms in total. The first-order valence-electron chi connectivity index (χ1n) is 6.13. The summed E-state index contributed by atoms with van der Waals surface area (Å²) in [6.07, 6.45) is 0. The number of ether oxygens (including phenoxy) is 4. The maximum absolute atomic E-state index is 5.43. The van der Waals surface area contributed by atoms with Gasteiger partial charge in [-0.1, -0.05) is 0 Å². The van der Waals surface area contributed by atoms with Gasteiger partial charge in [-0.25, -0.2) is 0 Å². The number of nitrogens with zero attached hydrogens (tertiary/aromatic N) is 1. The molecule has 2 aliphatic heterocycles. The van der Waals surface area contributed by atoms with Crippen molar-refractivity contribution in [1.82, 2.24) is 4.90 Å². The van der Waals surface area contributed by atoms with Gasteiger partial charge in [0.1, 0.15) is 0 Å². The summed E-state index contributed by atoms with van der Waals surface area (Å²) in [5.74, 6) is 2.23. The average molecular weight is 251 g/mol. The predicted molar refractivity (Wildman–Crippen MR) is 65.2 cm³/mol. The first-order valence-corrected chi connectivity index (χ1v) is 6.13. The lowest BCUT2D eigenvalue weighted by atomic mass is 10.1. The number of methoxy groups -OCH3 is 1. The second-order valence-corrected chi connectivity index (χ2v) is 4.42. The van der Waals surface area contributed by atoms with Crippen molar-refractivity contribution in [1.29, 1.82) is 0 Å². The Morgan fingerprint density at radius 1 is 1.22 bits per heavy atom. The summed E-state index contributed by atoms with van der Waals surface area (Å²) in [4.78, 5) is 2.36. The summed E-state index contributed by atoms with van der Waals surface area (Å²) in [6.45, 7) is 4.71. The zero-order chi connectivity index (χ0) is 12.4. The lowest BCUT2D eigenvalue weighted by molar-refractivity contribution is 0.0341. The van der Waals surface area contributed by atoms with E-state index >= 15 is 0 Å². The van der Waals surface area contributed by atoms with Gasteiger partial charge in [-0.3, -0.25) is 4.90 Å². The van der Waals surface area contributed by atoms with Gasteiger partial charge in [0.2, 0.25) is 12.5 Å². The van der Waals surface area contributed by atoms with Crippen molar-refractivity contribution in [3.63, 3.8) is 0 Å². The van der Waals surface area contributed by atoms with E-state index in [1.165, 1.54) is 5.56 Å². The van der Waals surface area contributed by atoms with E-state index in [1.807, 2.05) is 12.1 Å². The van der Waals surface area contributed by atoms with Gasteiger partial charge in [0.05, 0.1) is 20.3 Å². The molecule has 18 heavy (non-hydrogen) atoms. The van der Waals surface area contributed by atoms with E-state index in [4.69, 9.17) is 18.9 Å². The number of morpholine rings is 1. The predicted octanol–water partition coefficient (Wildman–Crippen LogP) is 1.26. The molecule has 1 fully saturated rings. The van der Waals surface area contributed by atoms with Crippen LogP contribution in [0.5, 0.6) is 17.2 Å². The van der Waals surface area contributed by atoms with Crippen molar-refractivity contribution < 1.29 is 18.9 Å². The molecule has 3 rings (SSSR count). The number of hydrogen-bond acceptors (Lipinski definition) is 5. The monoisotopic (exact) mass is 251 g/mol. The molecule has 1 aromatic rings. The number of hydrogen-bond donors (Lipinski definition) is 0. The largest absolute Gasteiger partial charge is 0.493 e. The summed E-state index contributed by atoms with van der Waals surface area (Å²) in [5, 5.41) is 0. The van der Waals surface area contributed by atoms with Gasteiger partial charge in [0.25, 0.3) is 0 Å². The molecule has 1 saturated heterocycles. The van der Waals surface area contributed by atoms with Crippen molar-refractivity contribution in [3.8, 4) is 17.2 Å². The fourth-order valence-electron chi connectivity index (χ4n) is 2.29. The zero-order valence-electron chi connectivity index (χ0n) is 10.5. The lowest BCUT2D eigenvalue weighted by Crippen LogP contribution is -2.35. The summed E-state index contributed by atoms with van der Waals surface area (Å²) in [7, 11) is 1.65. The Morgan fingerprint density at radius 3 is 2.83 bits per heavy atom. The highest BCUT2D eigenvalue weighted by Crippen LogP contribution is 2.42. The van der Waals surface area contributed by atoms with Gasteiger partial charge >= 0.3 is 0 Å². The van der Waals surface area contributed by atoms with E-state index in [2.05, 4.69) is 4.90 Å². The maximum Gasteiger partial charge on any atom is 0.231 e. The van der Waals surface area contributed by atoms with E-state index in [-0.39, 0.29) is 6.79 Å². The highest BCUT2D eigenvalue weighted by atomic mass is 16.7. The molecule has 0 spiro atoms. The van der Waals surface area contributed by atoms with Gasteiger partial charge in [-0.2, -0.15) is 0 Å². The molecule has 0 bridgehead atoms. The van der Waals surface area contributed by atoms with Crippen LogP contribution in [-0.4, -0.2) is 45.1 Å². The Labute approximate surface area is 106 Å². The smallest absolute Gasteiger partial charge is 0.231 e. The fourth-order valence-corrected chi connectivity index (χ4v) is 2.29. The molecular formula is C13H17NO4. The molecule has 0 saturated carbocycles. The molecule has 5 heteroatoms. The van der Waals surface area contributed by atoms with Gasteiger partial charge in [-0.05, 0) is 17.7 Å². The van der Waals surface area contributed by atoms with E-state index in [1.54, 1.807) is 7.11 Å². The highest BCUT2D eigenvalue weighted by molar-refractivity contribution is 5.55. The topological polar surface area (TPSA) is 40.2 Å². The van der Waals surface area contributed by atoms with E-state index in [9.17, 15) is 0 Å².